The molecule has 0 saturated heterocycles. The number of carboxylic acids is 1. The first-order valence-electron chi connectivity index (χ1n) is 7.27. The number of halogens is 1. The molecule has 24 heavy (non-hydrogen) atoms. The Balaban J connectivity index is 2.22. The fraction of sp³-hybridized carbons (Fsp3) is 0.312. The highest BCUT2D eigenvalue weighted by Crippen LogP contribution is 2.22. The Bertz CT molecular complexity index is 745. The van der Waals surface area contributed by atoms with E-state index in [1.807, 2.05) is 6.07 Å². The normalized spacial score (nSPS) is 12.0. The molecule has 1 heterocycles. The van der Waals surface area contributed by atoms with E-state index in [0.29, 0.717) is 22.0 Å². The minimum absolute atomic E-state index is 0.176. The SMILES string of the molecule is COCCC(NC(=O)c1cnn(-c2ccccc2Cl)c1C)C(=O)O. The maximum Gasteiger partial charge on any atom is 0.326 e. The largest absolute Gasteiger partial charge is 0.480 e. The quantitative estimate of drug-likeness (QED) is 0.796. The third-order valence-electron chi connectivity index (χ3n) is 3.55. The number of ether oxygens (including phenoxy) is 1. The summed E-state index contributed by atoms with van der Waals surface area (Å²) in [5, 5.41) is 16.3. The number of para-hydroxylation sites is 1. The van der Waals surface area contributed by atoms with Gasteiger partial charge >= 0.3 is 5.97 Å². The lowest BCUT2D eigenvalue weighted by Gasteiger charge is -2.14. The van der Waals surface area contributed by atoms with Crippen molar-refractivity contribution in [3.8, 4) is 5.69 Å². The predicted molar refractivity (Wildman–Crippen MR) is 88.7 cm³/mol. The molecule has 1 unspecified atom stereocenters. The Labute approximate surface area is 144 Å². The van der Waals surface area contributed by atoms with Crippen LogP contribution < -0.4 is 5.32 Å². The molecule has 1 aromatic heterocycles. The molecule has 0 bridgehead atoms. The van der Waals surface area contributed by atoms with Crippen molar-refractivity contribution in [2.45, 2.75) is 19.4 Å². The number of rotatable bonds is 7. The maximum atomic E-state index is 12.4. The van der Waals surface area contributed by atoms with E-state index in [0.717, 1.165) is 0 Å². The summed E-state index contributed by atoms with van der Waals surface area (Å²) in [6.45, 7) is 1.95. The first-order valence-corrected chi connectivity index (χ1v) is 7.65. The summed E-state index contributed by atoms with van der Waals surface area (Å²) >= 11 is 6.15. The number of carbonyl (C=O) groups is 2. The highest BCUT2D eigenvalue weighted by atomic mass is 35.5. The molecule has 0 spiro atoms. The molecule has 1 atom stereocenters. The van der Waals surface area contributed by atoms with Crippen LogP contribution in [0.4, 0.5) is 0 Å². The zero-order chi connectivity index (χ0) is 17.7. The third-order valence-corrected chi connectivity index (χ3v) is 3.87. The van der Waals surface area contributed by atoms with Gasteiger partial charge in [0.1, 0.15) is 6.04 Å². The Hall–Kier alpha value is -2.38. The summed E-state index contributed by atoms with van der Waals surface area (Å²) < 4.78 is 6.41. The topological polar surface area (TPSA) is 93.5 Å². The molecule has 2 aromatic rings. The zero-order valence-corrected chi connectivity index (χ0v) is 14.1. The highest BCUT2D eigenvalue weighted by molar-refractivity contribution is 6.32. The molecule has 8 heteroatoms. The number of aliphatic carboxylic acids is 1. The van der Waals surface area contributed by atoms with Crippen molar-refractivity contribution in [3.05, 3.63) is 46.7 Å². The van der Waals surface area contributed by atoms with E-state index in [2.05, 4.69) is 10.4 Å². The van der Waals surface area contributed by atoms with Crippen molar-refractivity contribution in [2.75, 3.05) is 13.7 Å². The molecule has 1 aromatic carbocycles. The van der Waals surface area contributed by atoms with Gasteiger partial charge in [0.15, 0.2) is 0 Å². The summed E-state index contributed by atoms with van der Waals surface area (Å²) in [4.78, 5) is 23.6. The monoisotopic (exact) mass is 351 g/mol. The Morgan fingerprint density at radius 2 is 2.12 bits per heavy atom. The van der Waals surface area contributed by atoms with E-state index >= 15 is 0 Å². The Morgan fingerprint density at radius 1 is 1.42 bits per heavy atom. The standard InChI is InChI=1S/C16H18ClN3O4/c1-10-11(15(21)19-13(16(22)23)7-8-24-2)9-18-20(10)14-6-4-3-5-12(14)17/h3-6,9,13H,7-8H2,1-2H3,(H,19,21)(H,22,23). The van der Waals surface area contributed by atoms with Crippen LogP contribution in [0.25, 0.3) is 5.69 Å². The second-order valence-electron chi connectivity index (χ2n) is 5.15. The van der Waals surface area contributed by atoms with Crippen LogP contribution >= 0.6 is 11.6 Å². The van der Waals surface area contributed by atoms with Gasteiger partial charge in [0, 0.05) is 20.1 Å². The summed E-state index contributed by atoms with van der Waals surface area (Å²) in [6, 6.07) is 6.09. The number of hydrogen-bond donors (Lipinski definition) is 2. The minimum atomic E-state index is -1.11. The fourth-order valence-corrected chi connectivity index (χ4v) is 2.44. The molecular weight excluding hydrogens is 334 g/mol. The van der Waals surface area contributed by atoms with Crippen molar-refractivity contribution in [1.82, 2.24) is 15.1 Å². The van der Waals surface area contributed by atoms with E-state index in [1.165, 1.54) is 13.3 Å². The number of nitrogens with zero attached hydrogens (tertiary/aromatic N) is 2. The van der Waals surface area contributed by atoms with Gasteiger partial charge in [-0.05, 0) is 19.1 Å². The summed E-state index contributed by atoms with van der Waals surface area (Å²) in [5.74, 6) is -1.62. The van der Waals surface area contributed by atoms with Crippen molar-refractivity contribution in [1.29, 1.82) is 0 Å². The van der Waals surface area contributed by atoms with Crippen LogP contribution in [0.3, 0.4) is 0 Å². The number of amides is 1. The molecule has 2 rings (SSSR count). The van der Waals surface area contributed by atoms with E-state index < -0.39 is 17.9 Å². The van der Waals surface area contributed by atoms with Gasteiger partial charge in [0.25, 0.3) is 5.91 Å². The number of nitrogens with one attached hydrogen (secondary N) is 1. The highest BCUT2D eigenvalue weighted by Gasteiger charge is 2.23. The van der Waals surface area contributed by atoms with Crippen LogP contribution in [0.15, 0.2) is 30.5 Å². The summed E-state index contributed by atoms with van der Waals surface area (Å²) in [5.41, 5.74) is 1.50. The number of aromatic nitrogens is 2. The first kappa shape index (κ1) is 18.0. The van der Waals surface area contributed by atoms with Gasteiger partial charge in [-0.15, -0.1) is 0 Å². The molecular formula is C16H18ClN3O4. The fourth-order valence-electron chi connectivity index (χ4n) is 2.23. The molecule has 0 aliphatic carbocycles. The molecule has 0 radical (unpaired) electrons. The molecule has 0 fully saturated rings. The summed E-state index contributed by atoms with van der Waals surface area (Å²) in [6.07, 6.45) is 1.57. The molecule has 1 amide bonds. The average molecular weight is 352 g/mol. The minimum Gasteiger partial charge on any atom is -0.480 e. The van der Waals surface area contributed by atoms with Gasteiger partial charge in [0.05, 0.1) is 28.2 Å². The molecule has 0 aliphatic heterocycles. The van der Waals surface area contributed by atoms with Gasteiger partial charge < -0.3 is 15.2 Å². The lowest BCUT2D eigenvalue weighted by Crippen LogP contribution is -2.41. The van der Waals surface area contributed by atoms with Crippen LogP contribution in [0.2, 0.25) is 5.02 Å². The summed E-state index contributed by atoms with van der Waals surface area (Å²) in [7, 11) is 1.47. The van der Waals surface area contributed by atoms with Crippen molar-refractivity contribution in [3.63, 3.8) is 0 Å². The molecule has 0 aliphatic rings. The van der Waals surface area contributed by atoms with Crippen LogP contribution in [0.1, 0.15) is 22.5 Å². The van der Waals surface area contributed by atoms with E-state index in [4.69, 9.17) is 16.3 Å². The second-order valence-corrected chi connectivity index (χ2v) is 5.56. The smallest absolute Gasteiger partial charge is 0.326 e. The van der Waals surface area contributed by atoms with Crippen molar-refractivity contribution >= 4 is 23.5 Å². The van der Waals surface area contributed by atoms with Crippen molar-refractivity contribution < 1.29 is 19.4 Å². The second kappa shape index (κ2) is 7.94. The number of hydrogen-bond acceptors (Lipinski definition) is 4. The third kappa shape index (κ3) is 3.93. The number of methoxy groups -OCH3 is 1. The van der Waals surface area contributed by atoms with E-state index in [1.54, 1.807) is 29.8 Å². The maximum absolute atomic E-state index is 12.4. The van der Waals surface area contributed by atoms with E-state index in [-0.39, 0.29) is 13.0 Å². The number of benzene rings is 1. The van der Waals surface area contributed by atoms with Gasteiger partial charge in [-0.25, -0.2) is 9.48 Å². The van der Waals surface area contributed by atoms with Gasteiger partial charge in [-0.2, -0.15) is 5.10 Å². The number of carboxylic acid groups (broad SMARTS) is 1. The van der Waals surface area contributed by atoms with Crippen LogP contribution in [-0.4, -0.2) is 46.5 Å². The van der Waals surface area contributed by atoms with Gasteiger partial charge in [-0.1, -0.05) is 23.7 Å². The van der Waals surface area contributed by atoms with E-state index in [9.17, 15) is 14.7 Å². The Kier molecular flexibility index (Phi) is 5.94. The molecule has 2 N–H and O–H groups in total. The lowest BCUT2D eigenvalue weighted by molar-refractivity contribution is -0.139. The van der Waals surface area contributed by atoms with Crippen LogP contribution in [-0.2, 0) is 9.53 Å². The number of carbonyl (C=O) groups excluding carboxylic acids is 1. The molecule has 7 nitrogen and oxygen atoms in total. The van der Waals surface area contributed by atoms with Gasteiger partial charge in [0.2, 0.25) is 0 Å². The van der Waals surface area contributed by atoms with Gasteiger partial charge in [-0.3, -0.25) is 4.79 Å². The molecule has 0 saturated carbocycles. The lowest BCUT2D eigenvalue weighted by atomic mass is 10.2. The van der Waals surface area contributed by atoms with Crippen LogP contribution in [0, 0.1) is 6.92 Å². The predicted octanol–water partition coefficient (Wildman–Crippen LogP) is 2.05. The van der Waals surface area contributed by atoms with Crippen LogP contribution in [0.5, 0.6) is 0 Å². The van der Waals surface area contributed by atoms with Crippen molar-refractivity contribution in [2.24, 2.45) is 0 Å². The average Bonchev–Trinajstić information content (AvgIpc) is 2.93. The molecule has 128 valence electrons. The first-order chi connectivity index (χ1) is 11.5. The Morgan fingerprint density at radius 3 is 2.75 bits per heavy atom. The zero-order valence-electron chi connectivity index (χ0n) is 13.3.